The number of carbonyl (C=O) groups is 1. The van der Waals surface area contributed by atoms with E-state index in [1.807, 2.05) is 62.4 Å². The van der Waals surface area contributed by atoms with Crippen molar-refractivity contribution in [2.75, 3.05) is 30.8 Å². The number of hydrogen-bond donors (Lipinski definition) is 2. The fourth-order valence-electron chi connectivity index (χ4n) is 5.02. The number of aliphatic imine (C=N–C) groups is 1. The van der Waals surface area contributed by atoms with Gasteiger partial charge in [-0.1, -0.05) is 13.0 Å². The molecule has 1 amide bonds. The molecule has 0 aliphatic carbocycles. The maximum atomic E-state index is 12.9. The summed E-state index contributed by atoms with van der Waals surface area (Å²) in [6, 6.07) is 17.7. The highest BCUT2D eigenvalue weighted by Crippen LogP contribution is 2.33. The Balaban J connectivity index is 1.32. The first-order valence-electron chi connectivity index (χ1n) is 13.8. The van der Waals surface area contributed by atoms with Crippen molar-refractivity contribution in [2.24, 2.45) is 10.9 Å². The lowest BCUT2D eigenvalue weighted by molar-refractivity contribution is -0.121. The van der Waals surface area contributed by atoms with Crippen LogP contribution in [0.5, 0.6) is 11.5 Å². The number of nitrogens with zero attached hydrogens (tertiary/aromatic N) is 4. The quantitative estimate of drug-likeness (QED) is 0.235. The molecule has 0 unspecified atom stereocenters. The van der Waals surface area contributed by atoms with Gasteiger partial charge < -0.3 is 20.3 Å². The topological polar surface area (TPSA) is 91.7 Å². The maximum absolute atomic E-state index is 12.9. The molecule has 0 saturated carbocycles. The number of ether oxygens (including phenoxy) is 1. The van der Waals surface area contributed by atoms with Gasteiger partial charge in [0.15, 0.2) is 0 Å². The average molecular weight is 537 g/mol. The Morgan fingerprint density at radius 1 is 1.07 bits per heavy atom. The number of rotatable bonds is 8. The van der Waals surface area contributed by atoms with Gasteiger partial charge in [0, 0.05) is 35.0 Å². The molecule has 1 aromatic heterocycles. The fourth-order valence-corrected chi connectivity index (χ4v) is 5.02. The molecule has 1 saturated heterocycles. The number of hydrogen-bond acceptors (Lipinski definition) is 7. The van der Waals surface area contributed by atoms with E-state index in [4.69, 9.17) is 4.74 Å². The normalized spacial score (nSPS) is 14.5. The fraction of sp³-hybridized carbons (Fsp3) is 0.312. The van der Waals surface area contributed by atoms with Crippen molar-refractivity contribution in [2.45, 2.75) is 40.0 Å². The minimum absolute atomic E-state index is 0.0377. The van der Waals surface area contributed by atoms with E-state index in [-0.39, 0.29) is 11.8 Å². The molecule has 8 heteroatoms. The van der Waals surface area contributed by atoms with E-state index in [1.165, 1.54) is 5.56 Å². The standard InChI is InChI=1S/C32H36N6O2/c1-5-22-7-10-26(19-29(22)33-6-2)40-30-12-9-24(17-21(30)3)36-31-27-18-25(8-11-28(27)34-20-35-31)37-32(39)23-13-15-38(4)16-14-23/h6-12,17-20,23H,5,13-16H2,1-4H3,(H,37,39)(H,34,35,36). The van der Waals surface area contributed by atoms with E-state index in [0.29, 0.717) is 5.82 Å². The summed E-state index contributed by atoms with van der Waals surface area (Å²) < 4.78 is 6.21. The molecular weight excluding hydrogens is 500 g/mol. The molecule has 206 valence electrons. The van der Waals surface area contributed by atoms with E-state index < -0.39 is 0 Å². The lowest BCUT2D eigenvalue weighted by atomic mass is 9.96. The zero-order chi connectivity index (χ0) is 28.1. The number of aryl methyl sites for hydroxylation is 2. The second-order valence-corrected chi connectivity index (χ2v) is 10.3. The Hall–Kier alpha value is -4.30. The van der Waals surface area contributed by atoms with E-state index in [9.17, 15) is 4.79 Å². The second kappa shape index (κ2) is 12.3. The van der Waals surface area contributed by atoms with Gasteiger partial charge in [-0.15, -0.1) is 0 Å². The molecule has 2 heterocycles. The number of nitrogens with one attached hydrogen (secondary N) is 2. The highest BCUT2D eigenvalue weighted by molar-refractivity contribution is 5.98. The van der Waals surface area contributed by atoms with Crippen LogP contribution in [0.1, 0.15) is 37.8 Å². The zero-order valence-electron chi connectivity index (χ0n) is 23.6. The van der Waals surface area contributed by atoms with Gasteiger partial charge in [0.1, 0.15) is 23.6 Å². The molecule has 1 aliphatic heterocycles. The summed E-state index contributed by atoms with van der Waals surface area (Å²) in [5.41, 5.74) is 5.51. The molecule has 2 N–H and O–H groups in total. The van der Waals surface area contributed by atoms with Gasteiger partial charge >= 0.3 is 0 Å². The number of anilines is 3. The van der Waals surface area contributed by atoms with Crippen LogP contribution in [0.3, 0.4) is 0 Å². The number of likely N-dealkylation sites (tertiary alicyclic amines) is 1. The van der Waals surface area contributed by atoms with Gasteiger partial charge in [-0.3, -0.25) is 9.79 Å². The Kier molecular flexibility index (Phi) is 8.36. The SMILES string of the molecule is CC=Nc1cc(Oc2ccc(Nc3ncnc4ccc(NC(=O)C5CCN(C)CC5)cc34)cc2C)ccc1CC. The third-order valence-corrected chi connectivity index (χ3v) is 7.36. The molecule has 0 spiro atoms. The molecule has 5 rings (SSSR count). The number of carbonyl (C=O) groups excluding carboxylic acids is 1. The molecule has 3 aromatic carbocycles. The van der Waals surface area contributed by atoms with Crippen LogP contribution in [-0.4, -0.2) is 47.1 Å². The van der Waals surface area contributed by atoms with Crippen LogP contribution < -0.4 is 15.4 Å². The average Bonchev–Trinajstić information content (AvgIpc) is 2.95. The highest BCUT2D eigenvalue weighted by Gasteiger charge is 2.23. The van der Waals surface area contributed by atoms with Crippen molar-refractivity contribution in [3.8, 4) is 11.5 Å². The first-order valence-corrected chi connectivity index (χ1v) is 13.8. The van der Waals surface area contributed by atoms with Gasteiger partial charge in [0.2, 0.25) is 5.91 Å². The predicted octanol–water partition coefficient (Wildman–Crippen LogP) is 7.04. The van der Waals surface area contributed by atoms with Gasteiger partial charge in [-0.2, -0.15) is 0 Å². The molecule has 1 aliphatic rings. The van der Waals surface area contributed by atoms with Crippen LogP contribution in [0, 0.1) is 12.8 Å². The number of amides is 1. The summed E-state index contributed by atoms with van der Waals surface area (Å²) in [6.07, 6.45) is 6.01. The molecule has 0 atom stereocenters. The molecular formula is C32H36N6O2. The van der Waals surface area contributed by atoms with Crippen molar-refractivity contribution in [3.05, 3.63) is 72.1 Å². The van der Waals surface area contributed by atoms with E-state index in [1.54, 1.807) is 12.5 Å². The summed E-state index contributed by atoms with van der Waals surface area (Å²) in [5.74, 6) is 2.30. The van der Waals surface area contributed by atoms with E-state index in [2.05, 4.69) is 50.5 Å². The summed E-state index contributed by atoms with van der Waals surface area (Å²) in [6.45, 7) is 7.94. The van der Waals surface area contributed by atoms with Crippen LogP contribution in [0.4, 0.5) is 22.9 Å². The summed E-state index contributed by atoms with van der Waals surface area (Å²) >= 11 is 0. The molecule has 0 radical (unpaired) electrons. The van der Waals surface area contributed by atoms with Crippen molar-refractivity contribution >= 4 is 45.9 Å². The summed E-state index contributed by atoms with van der Waals surface area (Å²) in [7, 11) is 2.09. The van der Waals surface area contributed by atoms with Crippen molar-refractivity contribution in [1.29, 1.82) is 0 Å². The predicted molar refractivity (Wildman–Crippen MR) is 163 cm³/mol. The minimum atomic E-state index is 0.0377. The second-order valence-electron chi connectivity index (χ2n) is 10.3. The Bertz CT molecular complexity index is 1540. The van der Waals surface area contributed by atoms with Crippen molar-refractivity contribution < 1.29 is 9.53 Å². The molecule has 40 heavy (non-hydrogen) atoms. The van der Waals surface area contributed by atoms with E-state index in [0.717, 1.165) is 77.4 Å². The van der Waals surface area contributed by atoms with Crippen molar-refractivity contribution in [3.63, 3.8) is 0 Å². The summed E-state index contributed by atoms with van der Waals surface area (Å²) in [5, 5.41) is 7.36. The van der Waals surface area contributed by atoms with Gasteiger partial charge in [-0.05, 0) is 107 Å². The third-order valence-electron chi connectivity index (χ3n) is 7.36. The first-order chi connectivity index (χ1) is 19.4. The van der Waals surface area contributed by atoms with Crippen LogP contribution in [0.15, 0.2) is 65.9 Å². The third kappa shape index (κ3) is 6.29. The van der Waals surface area contributed by atoms with Crippen LogP contribution in [0.2, 0.25) is 0 Å². The van der Waals surface area contributed by atoms with Gasteiger partial charge in [0.25, 0.3) is 0 Å². The summed E-state index contributed by atoms with van der Waals surface area (Å²) in [4.78, 5) is 28.5. The molecule has 4 aromatic rings. The van der Waals surface area contributed by atoms with Crippen LogP contribution >= 0.6 is 0 Å². The molecule has 1 fully saturated rings. The number of benzene rings is 3. The largest absolute Gasteiger partial charge is 0.457 e. The Labute approximate surface area is 235 Å². The number of aromatic nitrogens is 2. The Morgan fingerprint density at radius 3 is 2.62 bits per heavy atom. The van der Waals surface area contributed by atoms with Gasteiger partial charge in [0.05, 0.1) is 11.2 Å². The molecule has 8 nitrogen and oxygen atoms in total. The first kappa shape index (κ1) is 27.3. The van der Waals surface area contributed by atoms with E-state index >= 15 is 0 Å². The maximum Gasteiger partial charge on any atom is 0.227 e. The number of fused-ring (bicyclic) bond motifs is 1. The Morgan fingerprint density at radius 2 is 1.88 bits per heavy atom. The lowest BCUT2D eigenvalue weighted by Gasteiger charge is -2.28. The number of piperidine rings is 1. The lowest BCUT2D eigenvalue weighted by Crippen LogP contribution is -2.35. The van der Waals surface area contributed by atoms with Crippen molar-refractivity contribution in [1.82, 2.24) is 14.9 Å². The minimum Gasteiger partial charge on any atom is -0.457 e. The monoisotopic (exact) mass is 536 g/mol. The zero-order valence-corrected chi connectivity index (χ0v) is 23.6. The van der Waals surface area contributed by atoms with Crippen LogP contribution in [0.25, 0.3) is 10.9 Å². The van der Waals surface area contributed by atoms with Crippen LogP contribution in [-0.2, 0) is 11.2 Å². The van der Waals surface area contributed by atoms with Gasteiger partial charge in [-0.25, -0.2) is 9.97 Å². The molecule has 0 bridgehead atoms. The smallest absolute Gasteiger partial charge is 0.227 e. The highest BCUT2D eigenvalue weighted by atomic mass is 16.5.